The average molecular weight is 361 g/mol. The molecule has 1 aromatic carbocycles. The Bertz CT molecular complexity index is 631. The summed E-state index contributed by atoms with van der Waals surface area (Å²) in [4.78, 5) is 27.7. The van der Waals surface area contributed by atoms with Gasteiger partial charge in [0.15, 0.2) is 0 Å². The quantitative estimate of drug-likeness (QED) is 0.606. The third-order valence-electron chi connectivity index (χ3n) is 5.13. The van der Waals surface area contributed by atoms with E-state index in [1.165, 1.54) is 25.9 Å². The van der Waals surface area contributed by atoms with E-state index in [1.54, 1.807) is 16.9 Å². The molecule has 0 aliphatic carbocycles. The van der Waals surface area contributed by atoms with Crippen LogP contribution in [0.4, 0.5) is 10.5 Å². The van der Waals surface area contributed by atoms with Crippen LogP contribution in [-0.2, 0) is 4.79 Å². The Morgan fingerprint density at radius 1 is 1.35 bits per heavy atom. The predicted octanol–water partition coefficient (Wildman–Crippen LogP) is 0.169. The number of rotatable bonds is 7. The third-order valence-corrected chi connectivity index (χ3v) is 5.13. The minimum atomic E-state index is -0.188. The van der Waals surface area contributed by atoms with Crippen molar-refractivity contribution in [1.29, 1.82) is 0 Å². The third kappa shape index (κ3) is 4.88. The summed E-state index contributed by atoms with van der Waals surface area (Å²) < 4.78 is 5.21. The number of amides is 3. The Labute approximate surface area is 154 Å². The average Bonchev–Trinajstić information content (AvgIpc) is 3.28. The molecule has 2 aliphatic rings. The molecule has 0 bridgehead atoms. The Balaban J connectivity index is 1.41. The number of urea groups is 1. The lowest BCUT2D eigenvalue weighted by molar-refractivity contribution is -0.887. The Morgan fingerprint density at radius 2 is 2.15 bits per heavy atom. The molecule has 3 amide bonds. The fourth-order valence-corrected chi connectivity index (χ4v) is 3.73. The smallest absolute Gasteiger partial charge is 0.315 e. The van der Waals surface area contributed by atoms with E-state index in [-0.39, 0.29) is 18.0 Å². The highest BCUT2D eigenvalue weighted by Crippen LogP contribution is 2.25. The summed E-state index contributed by atoms with van der Waals surface area (Å²) in [5.41, 5.74) is 0.799. The van der Waals surface area contributed by atoms with Crippen molar-refractivity contribution in [3.05, 3.63) is 24.3 Å². The van der Waals surface area contributed by atoms with Crippen molar-refractivity contribution < 1.29 is 19.2 Å². The lowest BCUT2D eigenvalue weighted by atomic mass is 10.2. The zero-order valence-corrected chi connectivity index (χ0v) is 15.4. The van der Waals surface area contributed by atoms with Gasteiger partial charge in [0.05, 0.1) is 32.8 Å². The van der Waals surface area contributed by atoms with Gasteiger partial charge >= 0.3 is 6.03 Å². The number of nitrogens with one attached hydrogen (secondary N) is 3. The van der Waals surface area contributed by atoms with Gasteiger partial charge in [-0.05, 0) is 12.1 Å². The molecule has 142 valence electrons. The number of benzene rings is 1. The van der Waals surface area contributed by atoms with Crippen molar-refractivity contribution in [2.75, 3.05) is 44.7 Å². The number of carbonyl (C=O) groups excluding carboxylic acids is 2. The molecule has 3 rings (SSSR count). The second-order valence-corrected chi connectivity index (χ2v) is 7.07. The summed E-state index contributed by atoms with van der Waals surface area (Å²) in [5.74, 6) is 0.728. The van der Waals surface area contributed by atoms with Crippen LogP contribution in [0.3, 0.4) is 0 Å². The van der Waals surface area contributed by atoms with Gasteiger partial charge in [0.2, 0.25) is 5.91 Å². The predicted molar refractivity (Wildman–Crippen MR) is 99.7 cm³/mol. The van der Waals surface area contributed by atoms with Crippen molar-refractivity contribution in [2.45, 2.75) is 31.7 Å². The number of methoxy groups -OCH3 is 1. The van der Waals surface area contributed by atoms with Crippen molar-refractivity contribution >= 4 is 17.6 Å². The Hall–Kier alpha value is -2.28. The molecule has 2 aliphatic heterocycles. The normalized spacial score (nSPS) is 20.4. The number of quaternary nitrogens is 1. The van der Waals surface area contributed by atoms with Crippen LogP contribution >= 0.6 is 0 Å². The first kappa shape index (κ1) is 18.5. The summed E-state index contributed by atoms with van der Waals surface area (Å²) in [6.07, 6.45) is 3.95. The van der Waals surface area contributed by atoms with Crippen molar-refractivity contribution in [3.63, 3.8) is 0 Å². The Kier molecular flexibility index (Phi) is 6.33. The zero-order chi connectivity index (χ0) is 18.4. The maximum atomic E-state index is 12.3. The molecule has 7 heteroatoms. The molecule has 1 atom stereocenters. The topological polar surface area (TPSA) is 75.1 Å². The summed E-state index contributed by atoms with van der Waals surface area (Å²) in [6, 6.07) is 7.06. The van der Waals surface area contributed by atoms with Gasteiger partial charge < -0.3 is 25.2 Å². The van der Waals surface area contributed by atoms with Crippen LogP contribution < -0.4 is 25.2 Å². The summed E-state index contributed by atoms with van der Waals surface area (Å²) in [5, 5.41) is 5.82. The van der Waals surface area contributed by atoms with Gasteiger partial charge in [-0.1, -0.05) is 6.07 Å². The molecule has 3 N–H and O–H groups in total. The van der Waals surface area contributed by atoms with Crippen LogP contribution in [0.25, 0.3) is 0 Å². The van der Waals surface area contributed by atoms with Gasteiger partial charge in [0.25, 0.3) is 0 Å². The maximum Gasteiger partial charge on any atom is 0.315 e. The monoisotopic (exact) mass is 361 g/mol. The van der Waals surface area contributed by atoms with E-state index in [2.05, 4.69) is 10.6 Å². The summed E-state index contributed by atoms with van der Waals surface area (Å²) >= 11 is 0. The number of likely N-dealkylation sites (tertiary alicyclic amines) is 1. The largest absolute Gasteiger partial charge is 0.497 e. The van der Waals surface area contributed by atoms with Crippen LogP contribution in [0.1, 0.15) is 25.7 Å². The summed E-state index contributed by atoms with van der Waals surface area (Å²) in [6.45, 7) is 4.80. The van der Waals surface area contributed by atoms with Gasteiger partial charge in [0.1, 0.15) is 5.75 Å². The van der Waals surface area contributed by atoms with Gasteiger partial charge in [-0.25, -0.2) is 4.79 Å². The number of hydrogen-bond donors (Lipinski definition) is 3. The van der Waals surface area contributed by atoms with Crippen molar-refractivity contribution in [1.82, 2.24) is 10.6 Å². The molecule has 2 saturated heterocycles. The number of hydrogen-bond acceptors (Lipinski definition) is 3. The van der Waals surface area contributed by atoms with Gasteiger partial charge in [-0.3, -0.25) is 4.79 Å². The first-order chi connectivity index (χ1) is 12.7. The standard InChI is InChI=1S/C19H28N4O3/c1-26-17-7-4-6-16(13-17)23-14-15(12-18(23)24)21-19(25)20-8-5-11-22-9-2-3-10-22/h4,6-7,13,15H,2-3,5,8-12,14H2,1H3,(H2,20,21,25)/p+1/t15-/m0/s1. The number of ether oxygens (including phenoxy) is 1. The van der Waals surface area contributed by atoms with E-state index < -0.39 is 0 Å². The molecule has 0 radical (unpaired) electrons. The molecule has 2 fully saturated rings. The first-order valence-electron chi connectivity index (χ1n) is 9.48. The fourth-order valence-electron chi connectivity index (χ4n) is 3.73. The van der Waals surface area contributed by atoms with E-state index in [0.29, 0.717) is 25.3 Å². The molecular weight excluding hydrogens is 332 g/mol. The molecule has 0 spiro atoms. The van der Waals surface area contributed by atoms with Crippen LogP contribution in [0.15, 0.2) is 24.3 Å². The molecule has 0 saturated carbocycles. The minimum Gasteiger partial charge on any atom is -0.497 e. The first-order valence-corrected chi connectivity index (χ1v) is 9.48. The minimum absolute atomic E-state index is 0.0150. The highest BCUT2D eigenvalue weighted by molar-refractivity contribution is 5.97. The molecule has 0 aromatic heterocycles. The fraction of sp³-hybridized carbons (Fsp3) is 0.579. The second-order valence-electron chi connectivity index (χ2n) is 7.07. The molecule has 0 unspecified atom stereocenters. The highest BCUT2D eigenvalue weighted by atomic mass is 16.5. The van der Waals surface area contributed by atoms with Crippen molar-refractivity contribution in [3.8, 4) is 5.75 Å². The van der Waals surface area contributed by atoms with E-state index in [0.717, 1.165) is 18.7 Å². The molecule has 1 aromatic rings. The van der Waals surface area contributed by atoms with E-state index in [9.17, 15) is 9.59 Å². The van der Waals surface area contributed by atoms with Crippen LogP contribution in [0.5, 0.6) is 5.75 Å². The van der Waals surface area contributed by atoms with Crippen LogP contribution in [0.2, 0.25) is 0 Å². The number of carbonyl (C=O) groups is 2. The van der Waals surface area contributed by atoms with E-state index in [1.807, 2.05) is 24.3 Å². The van der Waals surface area contributed by atoms with E-state index in [4.69, 9.17) is 4.74 Å². The van der Waals surface area contributed by atoms with Crippen molar-refractivity contribution in [2.24, 2.45) is 0 Å². The van der Waals surface area contributed by atoms with Gasteiger partial charge in [-0.15, -0.1) is 0 Å². The van der Waals surface area contributed by atoms with Gasteiger partial charge in [-0.2, -0.15) is 0 Å². The zero-order valence-electron chi connectivity index (χ0n) is 15.4. The lowest BCUT2D eigenvalue weighted by Crippen LogP contribution is -3.10. The SMILES string of the molecule is COc1cccc(N2C[C@@H](NC(=O)NCCC[NH+]3CCCC3)CC2=O)c1. The molecule has 7 nitrogen and oxygen atoms in total. The number of nitrogens with zero attached hydrogens (tertiary/aromatic N) is 1. The Morgan fingerprint density at radius 3 is 2.92 bits per heavy atom. The lowest BCUT2D eigenvalue weighted by Gasteiger charge is -2.18. The molecule has 26 heavy (non-hydrogen) atoms. The number of anilines is 1. The summed E-state index contributed by atoms with van der Waals surface area (Å²) in [7, 11) is 1.60. The van der Waals surface area contributed by atoms with Gasteiger partial charge in [0, 0.05) is 50.5 Å². The second kappa shape index (κ2) is 8.89. The van der Waals surface area contributed by atoms with Crippen LogP contribution in [-0.4, -0.2) is 57.8 Å². The maximum absolute atomic E-state index is 12.3. The highest BCUT2D eigenvalue weighted by Gasteiger charge is 2.31. The molecular formula is C19H29N4O3+. The van der Waals surface area contributed by atoms with Crippen LogP contribution in [0, 0.1) is 0 Å². The van der Waals surface area contributed by atoms with E-state index >= 15 is 0 Å². The molecule has 2 heterocycles.